The van der Waals surface area contributed by atoms with Crippen LogP contribution in [-0.2, 0) is 4.79 Å². The fourth-order valence-corrected chi connectivity index (χ4v) is 3.83. The Kier molecular flexibility index (Phi) is 6.20. The minimum atomic E-state index is 0.0306. The molecule has 0 atom stereocenters. The van der Waals surface area contributed by atoms with E-state index in [1.165, 1.54) is 0 Å². The van der Waals surface area contributed by atoms with Gasteiger partial charge in [0.25, 0.3) is 0 Å². The van der Waals surface area contributed by atoms with Crippen molar-refractivity contribution >= 4 is 11.6 Å². The number of para-hydroxylation sites is 1. The Bertz CT molecular complexity index is 806. The third-order valence-electron chi connectivity index (χ3n) is 5.46. The van der Waals surface area contributed by atoms with Crippen molar-refractivity contribution in [1.82, 2.24) is 19.6 Å². The summed E-state index contributed by atoms with van der Waals surface area (Å²) in [5.74, 6) is 0.0306. The summed E-state index contributed by atoms with van der Waals surface area (Å²) in [5, 5.41) is 7.71. The van der Waals surface area contributed by atoms with Crippen molar-refractivity contribution in [3.8, 4) is 5.69 Å². The first-order chi connectivity index (χ1) is 13.3. The van der Waals surface area contributed by atoms with Gasteiger partial charge in [0, 0.05) is 18.6 Å². The van der Waals surface area contributed by atoms with Crippen LogP contribution in [0.3, 0.4) is 0 Å². The first-order valence-corrected chi connectivity index (χ1v) is 10.1. The highest BCUT2D eigenvalue weighted by molar-refractivity contribution is 5.93. The maximum Gasteiger partial charge on any atom is 0.238 e. The molecule has 0 aliphatic carbocycles. The Morgan fingerprint density at radius 1 is 1.07 bits per heavy atom. The summed E-state index contributed by atoms with van der Waals surface area (Å²) >= 11 is 0. The zero-order valence-corrected chi connectivity index (χ0v) is 17.8. The topological polar surface area (TPSA) is 53.4 Å². The summed E-state index contributed by atoms with van der Waals surface area (Å²) in [6.07, 6.45) is 1.09. The lowest BCUT2D eigenvalue weighted by molar-refractivity contribution is -0.117. The standard InChI is InChI=1S/C22H33N5O/c1-17-21(18(2)27(24-17)19-10-7-6-8-11-19)23-20(28)16-25-12-9-13-26(15-14-25)22(3,4)5/h6-8,10-11H,9,12-16H2,1-5H3,(H,23,28). The molecule has 0 unspecified atom stereocenters. The van der Waals surface area contributed by atoms with Crippen LogP contribution in [0.5, 0.6) is 0 Å². The van der Waals surface area contributed by atoms with Crippen LogP contribution >= 0.6 is 0 Å². The van der Waals surface area contributed by atoms with Gasteiger partial charge in [0.2, 0.25) is 5.91 Å². The van der Waals surface area contributed by atoms with E-state index in [1.807, 2.05) is 48.9 Å². The molecule has 1 aliphatic heterocycles. The molecule has 3 rings (SSSR count). The molecule has 0 bridgehead atoms. The van der Waals surface area contributed by atoms with Crippen molar-refractivity contribution in [2.45, 2.75) is 46.6 Å². The van der Waals surface area contributed by atoms with Gasteiger partial charge in [0.1, 0.15) is 0 Å². The molecule has 1 fully saturated rings. The Labute approximate surface area is 168 Å². The van der Waals surface area contributed by atoms with Crippen LogP contribution in [0.4, 0.5) is 5.69 Å². The predicted octanol–water partition coefficient (Wildman–Crippen LogP) is 3.23. The molecule has 1 aromatic heterocycles. The average molecular weight is 384 g/mol. The number of benzene rings is 1. The summed E-state index contributed by atoms with van der Waals surface area (Å²) in [7, 11) is 0. The third-order valence-corrected chi connectivity index (χ3v) is 5.46. The molecule has 0 radical (unpaired) electrons. The molecule has 0 spiro atoms. The lowest BCUT2D eigenvalue weighted by Crippen LogP contribution is -2.44. The number of carbonyl (C=O) groups excluding carboxylic acids is 1. The van der Waals surface area contributed by atoms with E-state index < -0.39 is 0 Å². The Morgan fingerprint density at radius 3 is 2.46 bits per heavy atom. The first kappa shape index (κ1) is 20.6. The zero-order valence-electron chi connectivity index (χ0n) is 17.8. The van der Waals surface area contributed by atoms with Gasteiger partial charge >= 0.3 is 0 Å². The zero-order chi connectivity index (χ0) is 20.3. The average Bonchev–Trinajstić information content (AvgIpc) is 2.81. The minimum absolute atomic E-state index is 0.0306. The maximum atomic E-state index is 12.7. The second-order valence-electron chi connectivity index (χ2n) is 8.63. The number of amides is 1. The minimum Gasteiger partial charge on any atom is -0.322 e. The van der Waals surface area contributed by atoms with Gasteiger partial charge in [-0.15, -0.1) is 0 Å². The molecule has 6 nitrogen and oxygen atoms in total. The van der Waals surface area contributed by atoms with E-state index in [0.717, 1.165) is 55.4 Å². The van der Waals surface area contributed by atoms with Crippen molar-refractivity contribution in [3.05, 3.63) is 41.7 Å². The molecule has 6 heteroatoms. The number of aromatic nitrogens is 2. The Hall–Kier alpha value is -2.18. The van der Waals surface area contributed by atoms with Gasteiger partial charge < -0.3 is 5.32 Å². The fraction of sp³-hybridized carbons (Fsp3) is 0.545. The molecular weight excluding hydrogens is 350 g/mol. The van der Waals surface area contributed by atoms with Crippen LogP contribution in [0.25, 0.3) is 5.69 Å². The second-order valence-corrected chi connectivity index (χ2v) is 8.63. The van der Waals surface area contributed by atoms with Crippen LogP contribution in [0.1, 0.15) is 38.6 Å². The number of rotatable bonds is 4. The Balaban J connectivity index is 1.63. The number of nitrogens with zero attached hydrogens (tertiary/aromatic N) is 4. The summed E-state index contributed by atoms with van der Waals surface area (Å²) < 4.78 is 1.89. The van der Waals surface area contributed by atoms with Gasteiger partial charge in [-0.05, 0) is 66.3 Å². The number of hydrogen-bond donors (Lipinski definition) is 1. The quantitative estimate of drug-likeness (QED) is 0.881. The molecule has 1 aliphatic rings. The van der Waals surface area contributed by atoms with Gasteiger partial charge in [-0.2, -0.15) is 5.10 Å². The van der Waals surface area contributed by atoms with Crippen molar-refractivity contribution in [2.75, 3.05) is 38.0 Å². The number of anilines is 1. The van der Waals surface area contributed by atoms with E-state index in [0.29, 0.717) is 6.54 Å². The second kappa shape index (κ2) is 8.45. The van der Waals surface area contributed by atoms with Crippen molar-refractivity contribution in [1.29, 1.82) is 0 Å². The fourth-order valence-electron chi connectivity index (χ4n) is 3.83. The van der Waals surface area contributed by atoms with E-state index in [1.54, 1.807) is 0 Å². The summed E-state index contributed by atoms with van der Waals surface area (Å²) in [6.45, 7) is 15.1. The molecular formula is C22H33N5O. The van der Waals surface area contributed by atoms with Crippen molar-refractivity contribution in [2.24, 2.45) is 0 Å². The van der Waals surface area contributed by atoms with Crippen LogP contribution < -0.4 is 5.32 Å². The summed E-state index contributed by atoms with van der Waals surface area (Å²) in [5.41, 5.74) is 3.79. The molecule has 28 heavy (non-hydrogen) atoms. The first-order valence-electron chi connectivity index (χ1n) is 10.1. The normalized spacial score (nSPS) is 16.8. The molecule has 0 saturated carbocycles. The maximum absolute atomic E-state index is 12.7. The van der Waals surface area contributed by atoms with Crippen molar-refractivity contribution < 1.29 is 4.79 Å². The molecule has 152 valence electrons. The summed E-state index contributed by atoms with van der Waals surface area (Å²) in [4.78, 5) is 17.5. The van der Waals surface area contributed by atoms with Crippen LogP contribution in [0.2, 0.25) is 0 Å². The lowest BCUT2D eigenvalue weighted by atomic mass is 10.1. The monoisotopic (exact) mass is 383 g/mol. The Morgan fingerprint density at radius 2 is 1.79 bits per heavy atom. The predicted molar refractivity (Wildman–Crippen MR) is 114 cm³/mol. The largest absolute Gasteiger partial charge is 0.322 e. The molecule has 2 heterocycles. The number of nitrogens with one attached hydrogen (secondary N) is 1. The number of hydrogen-bond acceptors (Lipinski definition) is 4. The van der Waals surface area contributed by atoms with Gasteiger partial charge in [0.05, 0.1) is 29.3 Å². The van der Waals surface area contributed by atoms with E-state index >= 15 is 0 Å². The van der Waals surface area contributed by atoms with Gasteiger partial charge in [0.15, 0.2) is 0 Å². The van der Waals surface area contributed by atoms with Crippen LogP contribution in [0, 0.1) is 13.8 Å². The highest BCUT2D eigenvalue weighted by Gasteiger charge is 2.25. The highest BCUT2D eigenvalue weighted by atomic mass is 16.2. The number of carbonyl (C=O) groups is 1. The van der Waals surface area contributed by atoms with Gasteiger partial charge in [-0.3, -0.25) is 14.6 Å². The van der Waals surface area contributed by atoms with E-state index in [4.69, 9.17) is 0 Å². The smallest absolute Gasteiger partial charge is 0.238 e. The van der Waals surface area contributed by atoms with E-state index in [9.17, 15) is 4.79 Å². The third kappa shape index (κ3) is 4.80. The van der Waals surface area contributed by atoms with Crippen LogP contribution in [-0.4, -0.2) is 63.8 Å². The SMILES string of the molecule is Cc1nn(-c2ccccc2)c(C)c1NC(=O)CN1CCCN(C(C)(C)C)CC1. The van der Waals surface area contributed by atoms with E-state index in [2.05, 4.69) is 41.0 Å². The molecule has 2 aromatic rings. The highest BCUT2D eigenvalue weighted by Crippen LogP contribution is 2.23. The number of aryl methyl sites for hydroxylation is 1. The van der Waals surface area contributed by atoms with Gasteiger partial charge in [-0.25, -0.2) is 4.68 Å². The lowest BCUT2D eigenvalue weighted by Gasteiger charge is -2.34. The summed E-state index contributed by atoms with van der Waals surface area (Å²) in [6, 6.07) is 10.0. The molecule has 1 saturated heterocycles. The van der Waals surface area contributed by atoms with Crippen molar-refractivity contribution in [3.63, 3.8) is 0 Å². The van der Waals surface area contributed by atoms with E-state index in [-0.39, 0.29) is 11.4 Å². The molecule has 1 aromatic carbocycles. The van der Waals surface area contributed by atoms with Gasteiger partial charge in [-0.1, -0.05) is 18.2 Å². The molecule has 1 amide bonds. The van der Waals surface area contributed by atoms with Crippen LogP contribution in [0.15, 0.2) is 30.3 Å². The molecule has 1 N–H and O–H groups in total.